The van der Waals surface area contributed by atoms with Gasteiger partial charge in [-0.25, -0.2) is 4.79 Å². The molecule has 2 aliphatic rings. The Morgan fingerprint density at radius 2 is 1.65 bits per heavy atom. The van der Waals surface area contributed by atoms with Gasteiger partial charge in [-0.05, 0) is 80.7 Å². The molecule has 0 spiro atoms. The molecule has 7 heteroatoms. The van der Waals surface area contributed by atoms with Gasteiger partial charge >= 0.3 is 5.69 Å². The van der Waals surface area contributed by atoms with Crippen molar-refractivity contribution in [3.05, 3.63) is 98.7 Å². The van der Waals surface area contributed by atoms with E-state index in [1.807, 2.05) is 28.2 Å². The van der Waals surface area contributed by atoms with Crippen molar-refractivity contribution in [3.8, 4) is 0 Å². The molecule has 4 aromatic rings. The maximum absolute atomic E-state index is 13.8. The minimum atomic E-state index is -0.118. The summed E-state index contributed by atoms with van der Waals surface area (Å²) < 4.78 is 4.02. The summed E-state index contributed by atoms with van der Waals surface area (Å²) in [6.07, 6.45) is 7.09. The number of carbonyl (C=O) groups is 1. The van der Waals surface area contributed by atoms with Crippen LogP contribution in [0.1, 0.15) is 58.9 Å². The second-order valence-corrected chi connectivity index (χ2v) is 11.0. The summed E-state index contributed by atoms with van der Waals surface area (Å²) in [4.78, 5) is 30.8. The first-order chi connectivity index (χ1) is 18.0. The van der Waals surface area contributed by atoms with Crippen LogP contribution in [0.3, 0.4) is 0 Å². The highest BCUT2D eigenvalue weighted by molar-refractivity contribution is 6.30. The lowest BCUT2D eigenvalue weighted by Gasteiger charge is -2.29. The fourth-order valence-corrected chi connectivity index (χ4v) is 6.39. The van der Waals surface area contributed by atoms with Crippen LogP contribution >= 0.6 is 11.6 Å². The van der Waals surface area contributed by atoms with Gasteiger partial charge in [-0.1, -0.05) is 48.0 Å². The van der Waals surface area contributed by atoms with Gasteiger partial charge in [-0.3, -0.25) is 18.9 Å². The van der Waals surface area contributed by atoms with Gasteiger partial charge in [-0.15, -0.1) is 0 Å². The van der Waals surface area contributed by atoms with Crippen LogP contribution in [0.2, 0.25) is 5.02 Å². The van der Waals surface area contributed by atoms with Crippen molar-refractivity contribution < 1.29 is 4.79 Å². The lowest BCUT2D eigenvalue weighted by molar-refractivity contribution is 0.0919. The van der Waals surface area contributed by atoms with Crippen molar-refractivity contribution in [2.75, 3.05) is 0 Å². The lowest BCUT2D eigenvalue weighted by atomic mass is 9.85. The molecule has 2 heterocycles. The SMILES string of the molecule is Cc1ncc(Cl)cc1C(=O)NC1CCC(Cn2c(=O)n(C3Cc4ccccc4C3)c3ccccc32)CC1. The molecule has 0 aliphatic heterocycles. The maximum atomic E-state index is 13.8. The quantitative estimate of drug-likeness (QED) is 0.383. The van der Waals surface area contributed by atoms with E-state index in [2.05, 4.69) is 46.7 Å². The van der Waals surface area contributed by atoms with Crippen molar-refractivity contribution in [3.63, 3.8) is 0 Å². The monoisotopic (exact) mass is 514 g/mol. The zero-order valence-electron chi connectivity index (χ0n) is 21.0. The fourth-order valence-electron chi connectivity index (χ4n) is 6.23. The predicted molar refractivity (Wildman–Crippen MR) is 146 cm³/mol. The maximum Gasteiger partial charge on any atom is 0.329 e. The third-order valence-corrected chi connectivity index (χ3v) is 8.39. The van der Waals surface area contributed by atoms with Gasteiger partial charge in [0.1, 0.15) is 0 Å². The summed E-state index contributed by atoms with van der Waals surface area (Å²) in [6, 6.07) is 18.7. The molecule has 6 nitrogen and oxygen atoms in total. The smallest absolute Gasteiger partial charge is 0.329 e. The Morgan fingerprint density at radius 1 is 1.00 bits per heavy atom. The number of fused-ring (bicyclic) bond motifs is 2. The number of para-hydroxylation sites is 2. The molecule has 0 atom stereocenters. The van der Waals surface area contributed by atoms with E-state index in [-0.39, 0.29) is 23.7 Å². The van der Waals surface area contributed by atoms with E-state index in [0.717, 1.165) is 49.6 Å². The molecule has 0 bridgehead atoms. The third-order valence-electron chi connectivity index (χ3n) is 8.18. The van der Waals surface area contributed by atoms with Crippen LogP contribution < -0.4 is 11.0 Å². The molecule has 2 aliphatic carbocycles. The minimum absolute atomic E-state index is 0.0957. The van der Waals surface area contributed by atoms with Crippen LogP contribution in [0.4, 0.5) is 0 Å². The van der Waals surface area contributed by atoms with Gasteiger partial charge in [0, 0.05) is 24.8 Å². The Morgan fingerprint density at radius 3 is 2.35 bits per heavy atom. The molecule has 0 radical (unpaired) electrons. The largest absolute Gasteiger partial charge is 0.349 e. The Balaban J connectivity index is 1.16. The molecule has 0 saturated heterocycles. The number of imidazole rings is 1. The zero-order chi connectivity index (χ0) is 25.5. The summed E-state index contributed by atoms with van der Waals surface area (Å²) in [7, 11) is 0. The van der Waals surface area contributed by atoms with E-state index in [1.165, 1.54) is 11.1 Å². The van der Waals surface area contributed by atoms with Gasteiger partial charge in [0.2, 0.25) is 0 Å². The number of hydrogen-bond donors (Lipinski definition) is 1. The molecule has 2 aromatic carbocycles. The highest BCUT2D eigenvalue weighted by Gasteiger charge is 2.29. The van der Waals surface area contributed by atoms with E-state index in [0.29, 0.717) is 28.7 Å². The van der Waals surface area contributed by atoms with Crippen LogP contribution in [0.5, 0.6) is 0 Å². The summed E-state index contributed by atoms with van der Waals surface area (Å²) in [5.74, 6) is 0.285. The van der Waals surface area contributed by atoms with Crippen LogP contribution in [0, 0.1) is 12.8 Å². The van der Waals surface area contributed by atoms with Crippen molar-refractivity contribution in [1.82, 2.24) is 19.4 Å². The van der Waals surface area contributed by atoms with Gasteiger partial charge < -0.3 is 5.32 Å². The number of benzene rings is 2. The number of amides is 1. The Labute approximate surface area is 221 Å². The average Bonchev–Trinajstić information content (AvgIpc) is 3.45. The third kappa shape index (κ3) is 4.59. The molecule has 37 heavy (non-hydrogen) atoms. The number of pyridine rings is 1. The van der Waals surface area contributed by atoms with Gasteiger partial charge in [0.15, 0.2) is 0 Å². The minimum Gasteiger partial charge on any atom is -0.349 e. The number of carbonyl (C=O) groups excluding carboxylic acids is 1. The van der Waals surface area contributed by atoms with Crippen LogP contribution in [-0.4, -0.2) is 26.1 Å². The number of hydrogen-bond acceptors (Lipinski definition) is 3. The topological polar surface area (TPSA) is 68.9 Å². The highest BCUT2D eigenvalue weighted by atomic mass is 35.5. The summed E-state index contributed by atoms with van der Waals surface area (Å²) in [6.45, 7) is 2.53. The van der Waals surface area contributed by atoms with Gasteiger partial charge in [0.25, 0.3) is 5.91 Å². The molecule has 190 valence electrons. The van der Waals surface area contributed by atoms with E-state index in [9.17, 15) is 9.59 Å². The Hall–Kier alpha value is -3.38. The van der Waals surface area contributed by atoms with Crippen LogP contribution in [-0.2, 0) is 19.4 Å². The molecular weight excluding hydrogens is 484 g/mol. The number of nitrogens with one attached hydrogen (secondary N) is 1. The molecule has 1 N–H and O–H groups in total. The average molecular weight is 515 g/mol. The molecular formula is C30H31ClN4O2. The summed E-state index contributed by atoms with van der Waals surface area (Å²) in [5, 5.41) is 3.63. The zero-order valence-corrected chi connectivity index (χ0v) is 21.7. The second kappa shape index (κ2) is 9.82. The van der Waals surface area contributed by atoms with E-state index in [1.54, 1.807) is 12.3 Å². The first kappa shape index (κ1) is 24.0. The van der Waals surface area contributed by atoms with E-state index < -0.39 is 0 Å². The molecule has 1 saturated carbocycles. The van der Waals surface area contributed by atoms with E-state index in [4.69, 9.17) is 11.6 Å². The molecule has 0 unspecified atom stereocenters. The Kier molecular flexibility index (Phi) is 6.37. The molecule has 1 amide bonds. The lowest BCUT2D eigenvalue weighted by Crippen LogP contribution is -2.39. The van der Waals surface area contributed by atoms with Gasteiger partial charge in [-0.2, -0.15) is 0 Å². The molecule has 2 aromatic heterocycles. The van der Waals surface area contributed by atoms with Crippen LogP contribution in [0.15, 0.2) is 65.6 Å². The standard InChI is InChI=1S/C30H31ClN4O2/c1-19-26(16-23(31)17-32-19)29(36)33-24-12-10-20(11-13-24)18-34-27-8-4-5-9-28(27)35(30(34)37)25-14-21-6-2-3-7-22(21)15-25/h2-9,16-17,20,24-25H,10-15,18H2,1H3,(H,33,36). The number of rotatable bonds is 5. The molecule has 6 rings (SSSR count). The van der Waals surface area contributed by atoms with Crippen molar-refractivity contribution in [2.24, 2.45) is 5.92 Å². The first-order valence-electron chi connectivity index (χ1n) is 13.2. The van der Waals surface area contributed by atoms with Crippen molar-refractivity contribution >= 4 is 28.5 Å². The molecule has 1 fully saturated rings. The fraction of sp³-hybridized carbons (Fsp3) is 0.367. The summed E-state index contributed by atoms with van der Waals surface area (Å²) >= 11 is 6.05. The number of halogens is 1. The highest BCUT2D eigenvalue weighted by Crippen LogP contribution is 2.32. The number of aromatic nitrogens is 3. The van der Waals surface area contributed by atoms with Crippen LogP contribution in [0.25, 0.3) is 11.0 Å². The number of aryl methyl sites for hydroxylation is 1. The predicted octanol–water partition coefficient (Wildman–Crippen LogP) is 5.49. The normalized spacial score (nSPS) is 19.7. The van der Waals surface area contributed by atoms with E-state index >= 15 is 0 Å². The first-order valence-corrected chi connectivity index (χ1v) is 13.6. The van der Waals surface area contributed by atoms with Gasteiger partial charge in [0.05, 0.1) is 27.3 Å². The second-order valence-electron chi connectivity index (χ2n) is 10.6. The Bertz CT molecular complexity index is 1510. The summed E-state index contributed by atoms with van der Waals surface area (Å²) in [5.41, 5.74) is 6.04. The van der Waals surface area contributed by atoms with Crippen molar-refractivity contribution in [1.29, 1.82) is 0 Å². The number of nitrogens with zero attached hydrogens (tertiary/aromatic N) is 3. The van der Waals surface area contributed by atoms with Crippen molar-refractivity contribution in [2.45, 2.75) is 64.1 Å².